The number of nitrogens with one attached hydrogen (secondary N) is 2. The van der Waals surface area contributed by atoms with Gasteiger partial charge in [-0.1, -0.05) is 12.1 Å². The fraction of sp³-hybridized carbons (Fsp3) is 0.273. The fourth-order valence-electron chi connectivity index (χ4n) is 4.00. The standard InChI is InChI=1S/C22H22IN3O3/c23-15-5-8-17-18(12-15)19(22(29)25-21(17)28)13-24-16-6-3-14(4-7-16)20-2-1-9-26(20)10-11-27/h3-8,12-13,20,24,27H,1-2,9-11H2,(H,25,28,29). The van der Waals surface area contributed by atoms with E-state index in [1.165, 1.54) is 5.56 Å². The van der Waals surface area contributed by atoms with Gasteiger partial charge in [-0.2, -0.15) is 0 Å². The van der Waals surface area contributed by atoms with Crippen LogP contribution in [0.15, 0.2) is 48.7 Å². The van der Waals surface area contributed by atoms with E-state index in [-0.39, 0.29) is 12.5 Å². The molecule has 3 N–H and O–H groups in total. The van der Waals surface area contributed by atoms with Crippen molar-refractivity contribution in [1.82, 2.24) is 10.2 Å². The Hall–Kier alpha value is -2.23. The van der Waals surface area contributed by atoms with Gasteiger partial charge in [0, 0.05) is 39.2 Å². The van der Waals surface area contributed by atoms with E-state index in [4.69, 9.17) is 0 Å². The number of rotatable bonds is 5. The second-order valence-corrected chi connectivity index (χ2v) is 8.46. The number of fused-ring (bicyclic) bond motifs is 1. The van der Waals surface area contributed by atoms with Crippen molar-refractivity contribution in [1.29, 1.82) is 0 Å². The third kappa shape index (κ3) is 4.22. The van der Waals surface area contributed by atoms with E-state index in [1.54, 1.807) is 12.3 Å². The van der Waals surface area contributed by atoms with Crippen molar-refractivity contribution in [2.75, 3.05) is 25.0 Å². The summed E-state index contributed by atoms with van der Waals surface area (Å²) in [6.45, 7) is 1.89. The molecular weight excluding hydrogens is 481 g/mol. The molecule has 1 saturated heterocycles. The molecular formula is C22H22IN3O3. The van der Waals surface area contributed by atoms with Crippen LogP contribution in [-0.2, 0) is 4.79 Å². The predicted octanol–water partition coefficient (Wildman–Crippen LogP) is 3.14. The molecule has 29 heavy (non-hydrogen) atoms. The predicted molar refractivity (Wildman–Crippen MR) is 120 cm³/mol. The summed E-state index contributed by atoms with van der Waals surface area (Å²) in [5.41, 5.74) is 3.67. The molecule has 0 bridgehead atoms. The number of carbonyl (C=O) groups is 2. The first kappa shape index (κ1) is 20.1. The van der Waals surface area contributed by atoms with Gasteiger partial charge >= 0.3 is 0 Å². The largest absolute Gasteiger partial charge is 0.395 e. The zero-order valence-corrected chi connectivity index (χ0v) is 18.0. The smallest absolute Gasteiger partial charge is 0.260 e. The van der Waals surface area contributed by atoms with Crippen LogP contribution in [0.1, 0.15) is 40.4 Å². The van der Waals surface area contributed by atoms with Gasteiger partial charge in [0.05, 0.1) is 12.2 Å². The molecule has 2 aliphatic rings. The molecule has 4 rings (SSSR count). The van der Waals surface area contributed by atoms with Gasteiger partial charge in [0.2, 0.25) is 0 Å². The first-order valence-electron chi connectivity index (χ1n) is 9.64. The average molecular weight is 503 g/mol. The lowest BCUT2D eigenvalue weighted by Crippen LogP contribution is -2.36. The molecule has 0 radical (unpaired) electrons. The zero-order valence-electron chi connectivity index (χ0n) is 15.8. The summed E-state index contributed by atoms with van der Waals surface area (Å²) in [5, 5.41) is 14.8. The van der Waals surface area contributed by atoms with E-state index in [2.05, 4.69) is 50.3 Å². The van der Waals surface area contributed by atoms with Crippen molar-refractivity contribution >= 4 is 45.7 Å². The van der Waals surface area contributed by atoms with Crippen LogP contribution in [0.25, 0.3) is 5.57 Å². The van der Waals surface area contributed by atoms with Crippen LogP contribution in [-0.4, -0.2) is 41.5 Å². The number of amides is 2. The van der Waals surface area contributed by atoms with Gasteiger partial charge < -0.3 is 10.4 Å². The number of imide groups is 1. The minimum atomic E-state index is -0.403. The van der Waals surface area contributed by atoms with Gasteiger partial charge in [0.15, 0.2) is 0 Å². The molecule has 7 heteroatoms. The first-order valence-corrected chi connectivity index (χ1v) is 10.7. The molecule has 1 fully saturated rings. The summed E-state index contributed by atoms with van der Waals surface area (Å²) in [6, 6.07) is 13.9. The lowest BCUT2D eigenvalue weighted by molar-refractivity contribution is -0.114. The Labute approximate surface area is 183 Å². The highest BCUT2D eigenvalue weighted by Gasteiger charge is 2.27. The topological polar surface area (TPSA) is 81.7 Å². The maximum Gasteiger partial charge on any atom is 0.260 e. The summed E-state index contributed by atoms with van der Waals surface area (Å²) in [4.78, 5) is 26.7. The monoisotopic (exact) mass is 503 g/mol. The Bertz CT molecular complexity index is 972. The van der Waals surface area contributed by atoms with Crippen LogP contribution < -0.4 is 10.6 Å². The molecule has 6 nitrogen and oxygen atoms in total. The molecule has 1 unspecified atom stereocenters. The maximum absolute atomic E-state index is 12.4. The highest BCUT2D eigenvalue weighted by atomic mass is 127. The number of likely N-dealkylation sites (tertiary alicyclic amines) is 1. The van der Waals surface area contributed by atoms with Crippen molar-refractivity contribution < 1.29 is 14.7 Å². The molecule has 2 amide bonds. The molecule has 2 aromatic carbocycles. The van der Waals surface area contributed by atoms with Crippen LogP contribution in [0.3, 0.4) is 0 Å². The molecule has 0 aromatic heterocycles. The number of β-amino-alcohol motifs (C(OH)–C–C–N with tert-alkyl or cyclic N) is 1. The summed E-state index contributed by atoms with van der Waals surface area (Å²) >= 11 is 2.17. The molecule has 0 saturated carbocycles. The van der Waals surface area contributed by atoms with Crippen LogP contribution >= 0.6 is 22.6 Å². The van der Waals surface area contributed by atoms with Gasteiger partial charge in [-0.05, 0) is 77.9 Å². The van der Waals surface area contributed by atoms with Crippen molar-refractivity contribution in [3.8, 4) is 0 Å². The lowest BCUT2D eigenvalue weighted by atomic mass is 9.95. The van der Waals surface area contributed by atoms with Crippen LogP contribution in [0.4, 0.5) is 5.69 Å². The quantitative estimate of drug-likeness (QED) is 0.332. The van der Waals surface area contributed by atoms with E-state index < -0.39 is 5.91 Å². The van der Waals surface area contributed by atoms with E-state index in [0.717, 1.165) is 28.6 Å². The zero-order chi connectivity index (χ0) is 20.4. The molecule has 1 atom stereocenters. The maximum atomic E-state index is 12.4. The molecule has 150 valence electrons. The van der Waals surface area contributed by atoms with Crippen molar-refractivity contribution in [2.45, 2.75) is 18.9 Å². The second-order valence-electron chi connectivity index (χ2n) is 7.22. The second kappa shape index (κ2) is 8.64. The highest BCUT2D eigenvalue weighted by Crippen LogP contribution is 2.32. The van der Waals surface area contributed by atoms with E-state index in [9.17, 15) is 14.7 Å². The summed E-state index contributed by atoms with van der Waals surface area (Å²) < 4.78 is 0.961. The van der Waals surface area contributed by atoms with Crippen molar-refractivity contribution in [3.63, 3.8) is 0 Å². The highest BCUT2D eigenvalue weighted by molar-refractivity contribution is 14.1. The van der Waals surface area contributed by atoms with Gasteiger partial charge in [-0.25, -0.2) is 0 Å². The van der Waals surface area contributed by atoms with Gasteiger partial charge in [-0.3, -0.25) is 19.8 Å². The number of halogens is 1. The summed E-state index contributed by atoms with van der Waals surface area (Å²) in [5.74, 6) is -0.772. The van der Waals surface area contributed by atoms with Crippen molar-refractivity contribution in [3.05, 3.63) is 68.9 Å². The van der Waals surface area contributed by atoms with Crippen LogP contribution in [0.2, 0.25) is 0 Å². The summed E-state index contributed by atoms with van der Waals surface area (Å²) in [7, 11) is 0. The first-order chi connectivity index (χ1) is 14.1. The Kier molecular flexibility index (Phi) is 5.98. The van der Waals surface area contributed by atoms with Crippen molar-refractivity contribution in [2.24, 2.45) is 0 Å². The number of aliphatic hydroxyl groups is 1. The number of carbonyl (C=O) groups excluding carboxylic acids is 2. The lowest BCUT2D eigenvalue weighted by Gasteiger charge is -2.24. The molecule has 2 aromatic rings. The molecule has 0 aliphatic carbocycles. The molecule has 0 spiro atoms. The van der Waals surface area contributed by atoms with E-state index >= 15 is 0 Å². The number of benzene rings is 2. The van der Waals surface area contributed by atoms with Gasteiger partial charge in [-0.15, -0.1) is 0 Å². The fourth-order valence-corrected chi connectivity index (χ4v) is 4.49. The summed E-state index contributed by atoms with van der Waals surface area (Å²) in [6.07, 6.45) is 3.89. The van der Waals surface area contributed by atoms with Gasteiger partial charge in [0.25, 0.3) is 11.8 Å². The number of anilines is 1. The molecule has 2 heterocycles. The Morgan fingerprint density at radius 2 is 1.93 bits per heavy atom. The average Bonchev–Trinajstić information content (AvgIpc) is 3.16. The van der Waals surface area contributed by atoms with E-state index in [1.807, 2.05) is 24.3 Å². The Morgan fingerprint density at radius 3 is 2.69 bits per heavy atom. The molecule has 2 aliphatic heterocycles. The van der Waals surface area contributed by atoms with Crippen LogP contribution in [0, 0.1) is 3.57 Å². The Morgan fingerprint density at radius 1 is 1.14 bits per heavy atom. The minimum Gasteiger partial charge on any atom is -0.395 e. The SMILES string of the molecule is O=C1NC(=O)c2ccc(I)cc2C1=CNc1ccc(C2CCCN2CCO)cc1. The number of hydrogen-bond acceptors (Lipinski definition) is 5. The third-order valence-electron chi connectivity index (χ3n) is 5.42. The third-order valence-corrected chi connectivity index (χ3v) is 6.09. The van der Waals surface area contributed by atoms with E-state index in [0.29, 0.717) is 29.3 Å². The minimum absolute atomic E-state index is 0.175. The Balaban J connectivity index is 1.54. The normalized spacial score (nSPS) is 20.6. The van der Waals surface area contributed by atoms with Gasteiger partial charge in [0.1, 0.15) is 0 Å². The van der Waals surface area contributed by atoms with Crippen LogP contribution in [0.5, 0.6) is 0 Å². The number of nitrogens with zero attached hydrogens (tertiary/aromatic N) is 1. The number of hydrogen-bond donors (Lipinski definition) is 3. The number of aliphatic hydroxyl groups excluding tert-OH is 1.